The van der Waals surface area contributed by atoms with Crippen LogP contribution in [-0.2, 0) is 11.3 Å². The highest BCUT2D eigenvalue weighted by Gasteiger charge is 2.05. The fourth-order valence-electron chi connectivity index (χ4n) is 1.71. The lowest BCUT2D eigenvalue weighted by molar-refractivity contribution is 0.179. The monoisotopic (exact) mass is 407 g/mol. The molecule has 0 spiro atoms. The van der Waals surface area contributed by atoms with Crippen molar-refractivity contribution in [3.8, 4) is 0 Å². The van der Waals surface area contributed by atoms with Gasteiger partial charge in [0.1, 0.15) is 5.82 Å². The topological polar surface area (TPSA) is 61.8 Å². The second kappa shape index (κ2) is 10.6. The zero-order valence-electron chi connectivity index (χ0n) is 13.4. The van der Waals surface area contributed by atoms with E-state index < -0.39 is 0 Å². The van der Waals surface area contributed by atoms with Crippen molar-refractivity contribution < 1.29 is 4.74 Å². The first-order chi connectivity index (χ1) is 9.56. The standard InChI is InChI=1S/C14H25N5O.HI/c1-11(10-20-5)17-14(15-2)16-9-12-7-6-8-13(18-12)19(3)4;/h6-8,11H,9-10H2,1-5H3,(H2,15,16,17);1H. The third-order valence-electron chi connectivity index (χ3n) is 2.71. The van der Waals surface area contributed by atoms with E-state index in [0.717, 1.165) is 17.5 Å². The Morgan fingerprint density at radius 1 is 1.43 bits per heavy atom. The molecule has 2 N–H and O–H groups in total. The van der Waals surface area contributed by atoms with Gasteiger partial charge in [-0.1, -0.05) is 6.07 Å². The lowest BCUT2D eigenvalue weighted by Crippen LogP contribution is -2.43. The maximum atomic E-state index is 5.09. The fourth-order valence-corrected chi connectivity index (χ4v) is 1.71. The number of aromatic nitrogens is 1. The Labute approximate surface area is 144 Å². The van der Waals surface area contributed by atoms with Crippen LogP contribution in [0.15, 0.2) is 23.2 Å². The van der Waals surface area contributed by atoms with Crippen LogP contribution in [0.2, 0.25) is 0 Å². The number of nitrogens with zero attached hydrogens (tertiary/aromatic N) is 3. The van der Waals surface area contributed by atoms with Gasteiger partial charge < -0.3 is 20.3 Å². The Morgan fingerprint density at radius 3 is 2.71 bits per heavy atom. The third kappa shape index (κ3) is 7.47. The number of halogens is 1. The van der Waals surface area contributed by atoms with Gasteiger partial charge in [0.25, 0.3) is 0 Å². The van der Waals surface area contributed by atoms with E-state index >= 15 is 0 Å². The summed E-state index contributed by atoms with van der Waals surface area (Å²) in [5.41, 5.74) is 0.971. The Balaban J connectivity index is 0.00000400. The minimum atomic E-state index is 0. The van der Waals surface area contributed by atoms with E-state index in [1.807, 2.05) is 44.1 Å². The molecule has 0 fully saturated rings. The Morgan fingerprint density at radius 2 is 2.14 bits per heavy atom. The normalized spacial score (nSPS) is 12.3. The summed E-state index contributed by atoms with van der Waals surface area (Å²) in [6.07, 6.45) is 0. The van der Waals surface area contributed by atoms with Gasteiger partial charge in [-0.25, -0.2) is 4.98 Å². The SMILES string of the molecule is CN=C(NCc1cccc(N(C)C)n1)NC(C)COC.I. The molecule has 0 aliphatic rings. The van der Waals surface area contributed by atoms with E-state index in [9.17, 15) is 0 Å². The molecule has 0 radical (unpaired) electrons. The zero-order chi connectivity index (χ0) is 15.0. The van der Waals surface area contributed by atoms with E-state index in [4.69, 9.17) is 4.74 Å². The van der Waals surface area contributed by atoms with Crippen molar-refractivity contribution in [1.29, 1.82) is 0 Å². The second-order valence-electron chi connectivity index (χ2n) is 4.81. The minimum absolute atomic E-state index is 0. The summed E-state index contributed by atoms with van der Waals surface area (Å²) in [6, 6.07) is 6.18. The molecule has 0 aromatic carbocycles. The molecule has 7 heteroatoms. The first-order valence-electron chi connectivity index (χ1n) is 6.66. The van der Waals surface area contributed by atoms with Crippen molar-refractivity contribution in [3.63, 3.8) is 0 Å². The Bertz CT molecular complexity index is 439. The molecule has 0 saturated heterocycles. The molecule has 0 amide bonds. The van der Waals surface area contributed by atoms with Crippen LogP contribution >= 0.6 is 24.0 Å². The van der Waals surface area contributed by atoms with Crippen LogP contribution in [-0.4, -0.2) is 51.8 Å². The Hall–Kier alpha value is -1.09. The quantitative estimate of drug-likeness (QED) is 0.425. The lowest BCUT2D eigenvalue weighted by Gasteiger charge is -2.17. The number of nitrogens with one attached hydrogen (secondary N) is 2. The first kappa shape index (κ1) is 19.9. The third-order valence-corrected chi connectivity index (χ3v) is 2.71. The number of anilines is 1. The van der Waals surface area contributed by atoms with Gasteiger partial charge in [-0.3, -0.25) is 4.99 Å². The highest BCUT2D eigenvalue weighted by atomic mass is 127. The average molecular weight is 407 g/mol. The van der Waals surface area contributed by atoms with Crippen LogP contribution in [0.1, 0.15) is 12.6 Å². The van der Waals surface area contributed by atoms with Gasteiger partial charge in [-0.15, -0.1) is 24.0 Å². The minimum Gasteiger partial charge on any atom is -0.383 e. The Kier molecular flexibility index (Phi) is 10.1. The largest absolute Gasteiger partial charge is 0.383 e. The van der Waals surface area contributed by atoms with Gasteiger partial charge in [-0.2, -0.15) is 0 Å². The van der Waals surface area contributed by atoms with Gasteiger partial charge in [0, 0.05) is 34.3 Å². The summed E-state index contributed by atoms with van der Waals surface area (Å²) in [5.74, 6) is 1.69. The molecular formula is C14H26IN5O. The highest BCUT2D eigenvalue weighted by Crippen LogP contribution is 2.07. The lowest BCUT2D eigenvalue weighted by atomic mass is 10.3. The predicted octanol–water partition coefficient (Wildman–Crippen LogP) is 1.47. The molecular weight excluding hydrogens is 381 g/mol. The number of hydrogen-bond acceptors (Lipinski definition) is 4. The molecule has 1 heterocycles. The van der Waals surface area contributed by atoms with E-state index in [0.29, 0.717) is 13.2 Å². The smallest absolute Gasteiger partial charge is 0.191 e. The van der Waals surface area contributed by atoms with Crippen LogP contribution in [0, 0.1) is 0 Å². The molecule has 1 aromatic rings. The zero-order valence-corrected chi connectivity index (χ0v) is 15.7. The molecule has 1 unspecified atom stereocenters. The molecule has 1 aromatic heterocycles. The molecule has 0 aliphatic heterocycles. The van der Waals surface area contributed by atoms with Gasteiger partial charge in [-0.05, 0) is 19.1 Å². The van der Waals surface area contributed by atoms with E-state index in [2.05, 4.69) is 20.6 Å². The molecule has 21 heavy (non-hydrogen) atoms. The van der Waals surface area contributed by atoms with Crippen molar-refractivity contribution in [2.24, 2.45) is 4.99 Å². The maximum Gasteiger partial charge on any atom is 0.191 e. The molecule has 0 aliphatic carbocycles. The number of guanidine groups is 1. The van der Waals surface area contributed by atoms with Gasteiger partial charge in [0.15, 0.2) is 5.96 Å². The average Bonchev–Trinajstić information content (AvgIpc) is 2.44. The number of methoxy groups -OCH3 is 1. The van der Waals surface area contributed by atoms with Crippen molar-refractivity contribution in [1.82, 2.24) is 15.6 Å². The van der Waals surface area contributed by atoms with Crippen molar-refractivity contribution in [3.05, 3.63) is 23.9 Å². The van der Waals surface area contributed by atoms with Crippen molar-refractivity contribution >= 4 is 35.8 Å². The van der Waals surface area contributed by atoms with Crippen LogP contribution < -0.4 is 15.5 Å². The van der Waals surface area contributed by atoms with E-state index in [-0.39, 0.29) is 30.0 Å². The van der Waals surface area contributed by atoms with Crippen LogP contribution in [0.25, 0.3) is 0 Å². The number of aliphatic imine (C=N–C) groups is 1. The number of hydrogen-bond donors (Lipinski definition) is 2. The molecule has 6 nitrogen and oxygen atoms in total. The van der Waals surface area contributed by atoms with E-state index in [1.165, 1.54) is 0 Å². The predicted molar refractivity (Wildman–Crippen MR) is 98.7 cm³/mol. The summed E-state index contributed by atoms with van der Waals surface area (Å²) < 4.78 is 5.09. The molecule has 1 atom stereocenters. The highest BCUT2D eigenvalue weighted by molar-refractivity contribution is 14.0. The molecule has 0 bridgehead atoms. The van der Waals surface area contributed by atoms with Crippen LogP contribution in [0.5, 0.6) is 0 Å². The number of ether oxygens (including phenoxy) is 1. The van der Waals surface area contributed by atoms with Gasteiger partial charge in [0.05, 0.1) is 18.8 Å². The maximum absolute atomic E-state index is 5.09. The van der Waals surface area contributed by atoms with Crippen molar-refractivity contribution in [2.45, 2.75) is 19.5 Å². The number of rotatable bonds is 6. The number of pyridine rings is 1. The summed E-state index contributed by atoms with van der Waals surface area (Å²) >= 11 is 0. The second-order valence-corrected chi connectivity index (χ2v) is 4.81. The molecule has 1 rings (SSSR count). The van der Waals surface area contributed by atoms with Gasteiger partial charge >= 0.3 is 0 Å². The summed E-state index contributed by atoms with van der Waals surface area (Å²) in [6.45, 7) is 3.30. The van der Waals surface area contributed by atoms with E-state index in [1.54, 1.807) is 14.2 Å². The molecule has 120 valence electrons. The summed E-state index contributed by atoms with van der Waals surface area (Å²) in [4.78, 5) is 10.7. The van der Waals surface area contributed by atoms with Crippen LogP contribution in [0.4, 0.5) is 5.82 Å². The molecule has 0 saturated carbocycles. The van der Waals surface area contributed by atoms with Crippen molar-refractivity contribution in [2.75, 3.05) is 39.8 Å². The fraction of sp³-hybridized carbons (Fsp3) is 0.571. The summed E-state index contributed by atoms with van der Waals surface area (Å²) in [5, 5.41) is 6.49. The summed E-state index contributed by atoms with van der Waals surface area (Å²) in [7, 11) is 7.39. The first-order valence-corrected chi connectivity index (χ1v) is 6.66. The van der Waals surface area contributed by atoms with Gasteiger partial charge in [0.2, 0.25) is 0 Å². The van der Waals surface area contributed by atoms with Crippen LogP contribution in [0.3, 0.4) is 0 Å².